The van der Waals surface area contributed by atoms with E-state index in [0.29, 0.717) is 0 Å². The van der Waals surface area contributed by atoms with Crippen molar-refractivity contribution in [1.29, 1.82) is 0 Å². The van der Waals surface area contributed by atoms with Crippen LogP contribution in [-0.4, -0.2) is 11.6 Å². The number of nitrogens with one attached hydrogen (secondary N) is 1. The van der Waals surface area contributed by atoms with Gasteiger partial charge in [0.2, 0.25) is 0 Å². The van der Waals surface area contributed by atoms with Crippen LogP contribution in [0.4, 0.5) is 0 Å². The van der Waals surface area contributed by atoms with Gasteiger partial charge in [-0.2, -0.15) is 0 Å². The molecule has 8 heavy (non-hydrogen) atoms. The third-order valence-electron chi connectivity index (χ3n) is 1.09. The second-order valence-electron chi connectivity index (χ2n) is 1.75. The monoisotopic (exact) mass is 110 g/mol. The maximum atomic E-state index is 3.77. The Hall–Kier alpha value is -0.760. The molecule has 1 rings (SSSR count). The first-order valence-corrected chi connectivity index (χ1v) is 2.68. The van der Waals surface area contributed by atoms with Crippen LogP contribution >= 0.6 is 0 Å². The molecule has 0 unspecified atom stereocenters. The smallest absolute Gasteiger partial charge is 0.0567 e. The minimum Gasteiger partial charge on any atom is -0.288 e. The van der Waals surface area contributed by atoms with Crippen LogP contribution < -0.4 is 5.43 Å². The van der Waals surface area contributed by atoms with Gasteiger partial charge in [0.15, 0.2) is 0 Å². The number of hydrazine groups is 1. The van der Waals surface area contributed by atoms with E-state index < -0.39 is 0 Å². The highest BCUT2D eigenvalue weighted by Gasteiger charge is 2.11. The van der Waals surface area contributed by atoms with E-state index in [-0.39, 0.29) is 0 Å². The molecule has 1 saturated heterocycles. The molecule has 1 heterocycles. The van der Waals surface area contributed by atoms with Crippen LogP contribution in [-0.2, 0) is 0 Å². The van der Waals surface area contributed by atoms with Crippen LogP contribution in [0.15, 0.2) is 24.6 Å². The molecule has 2 nitrogen and oxygen atoms in total. The van der Waals surface area contributed by atoms with E-state index in [9.17, 15) is 0 Å². The second kappa shape index (κ2) is 2.01. The average molecular weight is 110 g/mol. The molecule has 0 amide bonds. The molecular formula is C6H10N2. The molecule has 1 N–H and O–H groups in total. The number of hydrogen-bond donors (Lipinski definition) is 1. The zero-order valence-electron chi connectivity index (χ0n) is 5.02. The van der Waals surface area contributed by atoms with Crippen molar-refractivity contribution in [2.24, 2.45) is 0 Å². The van der Waals surface area contributed by atoms with E-state index in [1.807, 2.05) is 24.2 Å². The van der Waals surface area contributed by atoms with Crippen molar-refractivity contribution < 1.29 is 0 Å². The molecule has 44 valence electrons. The summed E-state index contributed by atoms with van der Waals surface area (Å²) >= 11 is 0. The molecule has 1 aliphatic rings. The summed E-state index contributed by atoms with van der Waals surface area (Å²) in [4.78, 5) is 0. The molecule has 0 aliphatic carbocycles. The Labute approximate surface area is 49.5 Å². The van der Waals surface area contributed by atoms with Crippen LogP contribution in [0.3, 0.4) is 0 Å². The van der Waals surface area contributed by atoms with E-state index in [0.717, 1.165) is 12.2 Å². The predicted octanol–water partition coefficient (Wildman–Crippen LogP) is 0.854. The third kappa shape index (κ3) is 0.746. The van der Waals surface area contributed by atoms with Gasteiger partial charge >= 0.3 is 0 Å². The summed E-state index contributed by atoms with van der Waals surface area (Å²) in [6.07, 6.45) is 3.92. The fraction of sp³-hybridized carbons (Fsp3) is 0.333. The van der Waals surface area contributed by atoms with Gasteiger partial charge in [-0.25, -0.2) is 5.43 Å². The van der Waals surface area contributed by atoms with Crippen LogP contribution in [0.25, 0.3) is 0 Å². The Bertz CT molecular complexity index is 126. The number of allylic oxidation sites excluding steroid dienone is 1. The molecular weight excluding hydrogens is 100 g/mol. The lowest BCUT2D eigenvalue weighted by molar-refractivity contribution is 0.250. The number of nitrogens with zero attached hydrogens (tertiary/aromatic N) is 1. The highest BCUT2D eigenvalue weighted by Crippen LogP contribution is 2.05. The van der Waals surface area contributed by atoms with Gasteiger partial charge in [0.25, 0.3) is 0 Å². The zero-order valence-corrected chi connectivity index (χ0v) is 5.02. The highest BCUT2D eigenvalue weighted by molar-refractivity contribution is 5.07. The van der Waals surface area contributed by atoms with Crippen LogP contribution in [0.2, 0.25) is 0 Å². The van der Waals surface area contributed by atoms with Crippen molar-refractivity contribution in [3.63, 3.8) is 0 Å². The minimum absolute atomic E-state index is 0.921. The van der Waals surface area contributed by atoms with E-state index in [1.165, 1.54) is 0 Å². The third-order valence-corrected chi connectivity index (χ3v) is 1.09. The lowest BCUT2D eigenvalue weighted by Gasteiger charge is -2.33. The molecule has 0 aromatic rings. The van der Waals surface area contributed by atoms with Gasteiger partial charge in [-0.05, 0) is 6.92 Å². The Morgan fingerprint density at radius 1 is 1.88 bits per heavy atom. The summed E-state index contributed by atoms with van der Waals surface area (Å²) in [5, 5.41) is 1.90. The maximum Gasteiger partial charge on any atom is 0.0567 e. The molecule has 0 atom stereocenters. The number of hydrogen-bond acceptors (Lipinski definition) is 2. The van der Waals surface area contributed by atoms with Crippen molar-refractivity contribution >= 4 is 0 Å². The molecule has 1 aliphatic heterocycles. The van der Waals surface area contributed by atoms with E-state index >= 15 is 0 Å². The molecule has 0 aromatic carbocycles. The fourth-order valence-electron chi connectivity index (χ4n) is 0.589. The fourth-order valence-corrected chi connectivity index (χ4v) is 0.589. The SMILES string of the molecule is C=C1CNN1/C=C\C. The van der Waals surface area contributed by atoms with Crippen LogP contribution in [0.5, 0.6) is 0 Å². The van der Waals surface area contributed by atoms with Crippen LogP contribution in [0, 0.1) is 0 Å². The summed E-state index contributed by atoms with van der Waals surface area (Å²) in [7, 11) is 0. The van der Waals surface area contributed by atoms with E-state index in [1.54, 1.807) is 0 Å². The lowest BCUT2D eigenvalue weighted by Crippen LogP contribution is -2.47. The second-order valence-corrected chi connectivity index (χ2v) is 1.75. The minimum atomic E-state index is 0.921. The van der Waals surface area contributed by atoms with Gasteiger partial charge in [0, 0.05) is 11.9 Å². The van der Waals surface area contributed by atoms with Crippen molar-refractivity contribution in [1.82, 2.24) is 10.4 Å². The summed E-state index contributed by atoms with van der Waals surface area (Å²) in [5.74, 6) is 0. The van der Waals surface area contributed by atoms with Gasteiger partial charge in [-0.3, -0.25) is 5.01 Å². The molecule has 2 heteroatoms. The molecule has 0 spiro atoms. The van der Waals surface area contributed by atoms with Crippen molar-refractivity contribution in [3.05, 3.63) is 24.6 Å². The quantitative estimate of drug-likeness (QED) is 0.538. The Balaban J connectivity index is 2.38. The Morgan fingerprint density at radius 2 is 2.62 bits per heavy atom. The van der Waals surface area contributed by atoms with Crippen LogP contribution in [0.1, 0.15) is 6.92 Å². The maximum absolute atomic E-state index is 3.77. The summed E-state index contributed by atoms with van der Waals surface area (Å²) in [6, 6.07) is 0. The highest BCUT2D eigenvalue weighted by atomic mass is 15.6. The first-order chi connectivity index (χ1) is 3.84. The average Bonchev–Trinajstić information content (AvgIpc) is 1.79. The first kappa shape index (κ1) is 5.38. The summed E-state index contributed by atoms with van der Waals surface area (Å²) in [5.41, 5.74) is 4.17. The van der Waals surface area contributed by atoms with Gasteiger partial charge in [-0.15, -0.1) is 0 Å². The largest absolute Gasteiger partial charge is 0.288 e. The van der Waals surface area contributed by atoms with Crippen molar-refractivity contribution in [3.8, 4) is 0 Å². The van der Waals surface area contributed by atoms with Gasteiger partial charge in [0.05, 0.1) is 6.54 Å². The zero-order chi connectivity index (χ0) is 5.98. The van der Waals surface area contributed by atoms with Crippen molar-refractivity contribution in [2.75, 3.05) is 6.54 Å². The summed E-state index contributed by atoms with van der Waals surface area (Å²) < 4.78 is 0. The topological polar surface area (TPSA) is 15.3 Å². The molecule has 1 fully saturated rings. The Morgan fingerprint density at radius 3 is 2.75 bits per heavy atom. The molecule has 0 saturated carbocycles. The predicted molar refractivity (Wildman–Crippen MR) is 33.8 cm³/mol. The van der Waals surface area contributed by atoms with Gasteiger partial charge < -0.3 is 0 Å². The number of rotatable bonds is 1. The van der Waals surface area contributed by atoms with Gasteiger partial charge in [-0.1, -0.05) is 12.7 Å². The van der Waals surface area contributed by atoms with Gasteiger partial charge in [0.1, 0.15) is 0 Å². The Kier molecular flexibility index (Phi) is 1.35. The first-order valence-electron chi connectivity index (χ1n) is 2.68. The van der Waals surface area contributed by atoms with E-state index in [2.05, 4.69) is 12.0 Å². The summed E-state index contributed by atoms with van der Waals surface area (Å²) in [6.45, 7) is 6.67. The molecule has 0 bridgehead atoms. The van der Waals surface area contributed by atoms with Crippen molar-refractivity contribution in [2.45, 2.75) is 6.92 Å². The molecule has 0 aromatic heterocycles. The standard InChI is InChI=1S/C6H10N2/c1-3-4-8-6(2)5-7-8/h3-4,7H,2,5H2,1H3/b4-3-. The normalized spacial score (nSPS) is 19.6. The molecule has 0 radical (unpaired) electrons. The lowest BCUT2D eigenvalue weighted by atomic mass is 10.4. The van der Waals surface area contributed by atoms with E-state index in [4.69, 9.17) is 0 Å².